The zero-order valence-electron chi connectivity index (χ0n) is 15.6. The minimum atomic E-state index is -1.15. The summed E-state index contributed by atoms with van der Waals surface area (Å²) in [6.45, 7) is 3.73. The lowest BCUT2D eigenvalue weighted by molar-refractivity contribution is -0.131. The van der Waals surface area contributed by atoms with E-state index in [0.717, 1.165) is 10.5 Å². The lowest BCUT2D eigenvalue weighted by Crippen LogP contribution is -2.60. The number of amides is 4. The van der Waals surface area contributed by atoms with Crippen LogP contribution in [-0.2, 0) is 9.59 Å². The maximum atomic E-state index is 13.1. The van der Waals surface area contributed by atoms with E-state index in [9.17, 15) is 14.4 Å². The van der Waals surface area contributed by atoms with E-state index in [4.69, 9.17) is 11.6 Å². The van der Waals surface area contributed by atoms with Gasteiger partial charge in [-0.1, -0.05) is 48.9 Å². The van der Waals surface area contributed by atoms with Crippen molar-refractivity contribution in [3.8, 4) is 0 Å². The maximum Gasteiger partial charge on any atom is 0.335 e. The Balaban J connectivity index is 1.95. The third-order valence-corrected chi connectivity index (χ3v) is 4.84. The van der Waals surface area contributed by atoms with E-state index in [1.807, 2.05) is 44.2 Å². The normalized spacial score (nSPS) is 18.8. The number of aliphatic imine (C=N–C) groups is 1. The van der Waals surface area contributed by atoms with Gasteiger partial charge < -0.3 is 0 Å². The van der Waals surface area contributed by atoms with Gasteiger partial charge in [0.05, 0.1) is 11.7 Å². The number of imide groups is 2. The summed E-state index contributed by atoms with van der Waals surface area (Å²) in [6, 6.07) is 14.9. The summed E-state index contributed by atoms with van der Waals surface area (Å²) in [4.78, 5) is 43.5. The quantitative estimate of drug-likeness (QED) is 0.608. The first kappa shape index (κ1) is 19.8. The van der Waals surface area contributed by atoms with Gasteiger partial charge in [-0.2, -0.15) is 0 Å². The highest BCUT2D eigenvalue weighted by atomic mass is 35.5. The van der Waals surface area contributed by atoms with E-state index in [1.54, 1.807) is 24.3 Å². The van der Waals surface area contributed by atoms with E-state index in [0.29, 0.717) is 22.8 Å². The molecule has 0 aromatic heterocycles. The van der Waals surface area contributed by atoms with Gasteiger partial charge in [0, 0.05) is 10.7 Å². The van der Waals surface area contributed by atoms with Gasteiger partial charge in [-0.3, -0.25) is 19.9 Å². The molecule has 0 aliphatic carbocycles. The summed E-state index contributed by atoms with van der Waals surface area (Å²) in [5.74, 6) is -2.41. The molecule has 1 heterocycles. The molecule has 1 unspecified atom stereocenters. The lowest BCUT2D eigenvalue weighted by atomic mass is 9.95. The van der Waals surface area contributed by atoms with Gasteiger partial charge in [0.25, 0.3) is 5.91 Å². The molecule has 7 heteroatoms. The fourth-order valence-corrected chi connectivity index (χ4v) is 3.25. The molecule has 6 nitrogen and oxygen atoms in total. The average Bonchev–Trinajstić information content (AvgIpc) is 2.68. The van der Waals surface area contributed by atoms with Gasteiger partial charge in [-0.15, -0.1) is 0 Å². The van der Waals surface area contributed by atoms with Crippen LogP contribution in [0.15, 0.2) is 59.6 Å². The van der Waals surface area contributed by atoms with Crippen molar-refractivity contribution in [2.45, 2.75) is 26.3 Å². The highest BCUT2D eigenvalue weighted by Gasteiger charge is 2.43. The summed E-state index contributed by atoms with van der Waals surface area (Å²) in [5, 5.41) is 2.74. The fraction of sp³-hybridized carbons (Fsp3) is 0.238. The molecule has 0 saturated carbocycles. The number of urea groups is 1. The van der Waals surface area contributed by atoms with E-state index < -0.39 is 23.8 Å². The summed E-state index contributed by atoms with van der Waals surface area (Å²) < 4.78 is 0. The number of halogens is 1. The van der Waals surface area contributed by atoms with Crippen molar-refractivity contribution in [3.05, 3.63) is 65.2 Å². The number of barbiturate groups is 1. The van der Waals surface area contributed by atoms with Crippen LogP contribution in [0, 0.1) is 5.92 Å². The van der Waals surface area contributed by atoms with Crippen molar-refractivity contribution in [1.82, 2.24) is 5.32 Å². The predicted octanol–water partition coefficient (Wildman–Crippen LogP) is 4.15. The van der Waals surface area contributed by atoms with Crippen LogP contribution in [-0.4, -0.2) is 23.6 Å². The van der Waals surface area contributed by atoms with E-state index in [-0.39, 0.29) is 6.04 Å². The minimum Gasteiger partial charge on any atom is -0.285 e. The number of hydrogen-bond donors (Lipinski definition) is 1. The maximum absolute atomic E-state index is 13.1. The van der Waals surface area contributed by atoms with Gasteiger partial charge in [0.2, 0.25) is 5.91 Å². The molecule has 0 spiro atoms. The molecular weight excluding hydrogens is 378 g/mol. The van der Waals surface area contributed by atoms with Crippen molar-refractivity contribution in [1.29, 1.82) is 0 Å². The predicted molar refractivity (Wildman–Crippen MR) is 109 cm³/mol. The van der Waals surface area contributed by atoms with Crippen molar-refractivity contribution in [2.75, 3.05) is 4.90 Å². The molecule has 0 bridgehead atoms. The molecule has 2 aromatic carbocycles. The van der Waals surface area contributed by atoms with Crippen LogP contribution in [0.4, 0.5) is 10.5 Å². The Morgan fingerprint density at radius 2 is 1.75 bits per heavy atom. The van der Waals surface area contributed by atoms with Crippen LogP contribution in [0.2, 0.25) is 5.02 Å². The molecule has 4 amide bonds. The number of nitrogens with zero attached hydrogens (tertiary/aromatic N) is 2. The standard InChI is InChI=1S/C21H20ClN3O3/c1-3-17(23-13(2)14-7-5-4-6-8-14)18-19(26)24-21(28)25(20(18)27)16-11-9-15(22)10-12-16/h4-13,18H,3H2,1-2H3,(H,24,26,28)/t13-,18?/m0/s1. The van der Waals surface area contributed by atoms with Crippen LogP contribution in [0.5, 0.6) is 0 Å². The van der Waals surface area contributed by atoms with Crippen LogP contribution < -0.4 is 10.2 Å². The number of nitrogens with one attached hydrogen (secondary N) is 1. The molecule has 144 valence electrons. The smallest absolute Gasteiger partial charge is 0.285 e. The van der Waals surface area contributed by atoms with Gasteiger partial charge in [-0.25, -0.2) is 9.69 Å². The molecule has 2 aromatic rings. The zero-order chi connectivity index (χ0) is 20.3. The second-order valence-corrected chi connectivity index (χ2v) is 6.87. The molecule has 1 fully saturated rings. The number of carbonyl (C=O) groups is 3. The first-order valence-electron chi connectivity index (χ1n) is 8.98. The molecule has 1 saturated heterocycles. The minimum absolute atomic E-state index is 0.224. The number of anilines is 1. The number of carbonyl (C=O) groups excluding carboxylic acids is 3. The molecule has 1 N–H and O–H groups in total. The Bertz CT molecular complexity index is 926. The summed E-state index contributed by atoms with van der Waals surface area (Å²) in [6.07, 6.45) is 0.406. The number of rotatable bonds is 5. The molecule has 3 rings (SSSR count). The van der Waals surface area contributed by atoms with Crippen LogP contribution in [0.1, 0.15) is 31.9 Å². The Morgan fingerprint density at radius 3 is 2.36 bits per heavy atom. The van der Waals surface area contributed by atoms with Crippen LogP contribution in [0.3, 0.4) is 0 Å². The SMILES string of the molecule is CCC(=N[C@@H](C)c1ccccc1)C1C(=O)NC(=O)N(c2ccc(Cl)cc2)C1=O. The largest absolute Gasteiger partial charge is 0.335 e. The fourth-order valence-electron chi connectivity index (χ4n) is 3.13. The second-order valence-electron chi connectivity index (χ2n) is 6.44. The molecular formula is C21H20ClN3O3. The van der Waals surface area contributed by atoms with Gasteiger partial charge in [-0.05, 0) is 43.2 Å². The molecule has 1 aliphatic rings. The monoisotopic (exact) mass is 397 g/mol. The van der Waals surface area contributed by atoms with E-state index in [1.165, 1.54) is 0 Å². The zero-order valence-corrected chi connectivity index (χ0v) is 16.3. The van der Waals surface area contributed by atoms with Gasteiger partial charge in [0.1, 0.15) is 0 Å². The third kappa shape index (κ3) is 3.97. The molecule has 28 heavy (non-hydrogen) atoms. The number of benzene rings is 2. The van der Waals surface area contributed by atoms with Gasteiger partial charge >= 0.3 is 6.03 Å². The van der Waals surface area contributed by atoms with Crippen molar-refractivity contribution >= 4 is 40.8 Å². The van der Waals surface area contributed by atoms with Crippen molar-refractivity contribution in [2.24, 2.45) is 10.9 Å². The van der Waals surface area contributed by atoms with Crippen LogP contribution in [0.25, 0.3) is 0 Å². The first-order chi connectivity index (χ1) is 13.4. The lowest BCUT2D eigenvalue weighted by Gasteiger charge is -2.31. The van der Waals surface area contributed by atoms with Crippen molar-refractivity contribution in [3.63, 3.8) is 0 Å². The summed E-state index contributed by atoms with van der Waals surface area (Å²) in [7, 11) is 0. The van der Waals surface area contributed by atoms with E-state index in [2.05, 4.69) is 10.3 Å². The highest BCUT2D eigenvalue weighted by molar-refractivity contribution is 6.35. The second kappa shape index (κ2) is 8.35. The summed E-state index contributed by atoms with van der Waals surface area (Å²) >= 11 is 5.89. The van der Waals surface area contributed by atoms with Gasteiger partial charge in [0.15, 0.2) is 5.92 Å². The Labute approximate surface area is 168 Å². The third-order valence-electron chi connectivity index (χ3n) is 4.58. The van der Waals surface area contributed by atoms with Crippen LogP contribution >= 0.6 is 11.6 Å². The molecule has 0 radical (unpaired) electrons. The molecule has 2 atom stereocenters. The average molecular weight is 398 g/mol. The Morgan fingerprint density at radius 1 is 1.11 bits per heavy atom. The highest BCUT2D eigenvalue weighted by Crippen LogP contribution is 2.25. The van der Waals surface area contributed by atoms with E-state index >= 15 is 0 Å². The van der Waals surface area contributed by atoms with Crippen molar-refractivity contribution < 1.29 is 14.4 Å². The Hall–Kier alpha value is -2.99. The summed E-state index contributed by atoms with van der Waals surface area (Å²) in [5.41, 5.74) is 1.75. The molecule has 1 aliphatic heterocycles. The first-order valence-corrected chi connectivity index (χ1v) is 9.36. The topological polar surface area (TPSA) is 78.8 Å². The number of hydrogen-bond acceptors (Lipinski definition) is 4. The Kier molecular flexibility index (Phi) is 5.90.